The smallest absolute Gasteiger partial charge is 0.263 e. The van der Waals surface area contributed by atoms with Crippen molar-refractivity contribution >= 4 is 28.2 Å². The lowest BCUT2D eigenvalue weighted by molar-refractivity contribution is 0.101. The third kappa shape index (κ3) is 3.48. The van der Waals surface area contributed by atoms with Gasteiger partial charge in [-0.2, -0.15) is 0 Å². The van der Waals surface area contributed by atoms with E-state index >= 15 is 0 Å². The maximum Gasteiger partial charge on any atom is 0.263 e. The van der Waals surface area contributed by atoms with E-state index in [1.54, 1.807) is 24.3 Å². The summed E-state index contributed by atoms with van der Waals surface area (Å²) in [6, 6.07) is 9.79. The van der Waals surface area contributed by atoms with Gasteiger partial charge in [0.1, 0.15) is 29.7 Å². The van der Waals surface area contributed by atoms with Crippen LogP contribution in [0, 0.1) is 11.6 Å². The highest BCUT2D eigenvalue weighted by molar-refractivity contribution is 7.19. The van der Waals surface area contributed by atoms with Crippen molar-refractivity contribution in [3.8, 4) is 10.4 Å². The van der Waals surface area contributed by atoms with Gasteiger partial charge in [-0.3, -0.25) is 10.1 Å². The second kappa shape index (κ2) is 6.94. The number of carbonyl (C=O) groups excluding carboxylic acids is 1. The molecule has 1 amide bonds. The lowest BCUT2D eigenvalue weighted by Gasteiger charge is -2.04. The molecule has 3 N–H and O–H groups in total. The van der Waals surface area contributed by atoms with Gasteiger partial charge >= 0.3 is 0 Å². The van der Waals surface area contributed by atoms with E-state index in [1.165, 1.54) is 6.07 Å². The van der Waals surface area contributed by atoms with E-state index in [0.717, 1.165) is 23.5 Å². The molecule has 128 valence electrons. The number of aromatic nitrogens is 1. The Bertz CT molecular complexity index is 922. The predicted molar refractivity (Wildman–Crippen MR) is 91.1 cm³/mol. The molecule has 0 radical (unpaired) electrons. The van der Waals surface area contributed by atoms with Crippen LogP contribution in [0.5, 0.6) is 0 Å². The Labute approximate surface area is 145 Å². The van der Waals surface area contributed by atoms with E-state index in [1.807, 2.05) is 0 Å². The van der Waals surface area contributed by atoms with Crippen LogP contribution in [-0.2, 0) is 6.67 Å². The molecule has 2 aromatic carbocycles. The van der Waals surface area contributed by atoms with Crippen molar-refractivity contribution in [2.45, 2.75) is 6.67 Å². The second-order valence-electron chi connectivity index (χ2n) is 5.12. The van der Waals surface area contributed by atoms with Crippen molar-refractivity contribution < 1.29 is 18.0 Å². The first-order valence-corrected chi connectivity index (χ1v) is 7.98. The van der Waals surface area contributed by atoms with E-state index < -0.39 is 29.8 Å². The molecule has 0 atom stereocenters. The van der Waals surface area contributed by atoms with E-state index in [4.69, 9.17) is 5.73 Å². The van der Waals surface area contributed by atoms with Crippen molar-refractivity contribution in [1.82, 2.24) is 4.98 Å². The number of hydrogen-bond donors (Lipinski definition) is 2. The number of thiazole rings is 1. The molecule has 0 saturated carbocycles. The number of halogens is 3. The Morgan fingerprint density at radius 2 is 1.84 bits per heavy atom. The van der Waals surface area contributed by atoms with Gasteiger partial charge in [-0.1, -0.05) is 35.6 Å². The Morgan fingerprint density at radius 1 is 1.16 bits per heavy atom. The third-order valence-electron chi connectivity index (χ3n) is 3.41. The first-order chi connectivity index (χ1) is 12.0. The molecule has 4 nitrogen and oxygen atoms in total. The van der Waals surface area contributed by atoms with Gasteiger partial charge in [0.05, 0.1) is 4.88 Å². The van der Waals surface area contributed by atoms with Gasteiger partial charge < -0.3 is 5.73 Å². The summed E-state index contributed by atoms with van der Waals surface area (Å²) in [6.07, 6.45) is 0. The van der Waals surface area contributed by atoms with Crippen molar-refractivity contribution in [3.05, 3.63) is 65.2 Å². The van der Waals surface area contributed by atoms with Gasteiger partial charge in [0.15, 0.2) is 5.13 Å². The summed E-state index contributed by atoms with van der Waals surface area (Å²) in [7, 11) is 0. The molecule has 25 heavy (non-hydrogen) atoms. The number of carbonyl (C=O) groups is 1. The molecule has 0 aliphatic rings. The third-order valence-corrected chi connectivity index (χ3v) is 4.44. The van der Waals surface area contributed by atoms with E-state index in [9.17, 15) is 18.0 Å². The fraction of sp³-hybridized carbons (Fsp3) is 0.0588. The number of anilines is 2. The minimum Gasteiger partial charge on any atom is -0.382 e. The van der Waals surface area contributed by atoms with Crippen molar-refractivity contribution in [1.29, 1.82) is 0 Å². The molecule has 8 heteroatoms. The number of nitrogens with two attached hydrogens (primary N) is 1. The fourth-order valence-electron chi connectivity index (χ4n) is 2.26. The van der Waals surface area contributed by atoms with Gasteiger partial charge in [-0.15, -0.1) is 0 Å². The average molecular weight is 363 g/mol. The Hall–Kier alpha value is -2.87. The Kier molecular flexibility index (Phi) is 4.71. The summed E-state index contributed by atoms with van der Waals surface area (Å²) < 4.78 is 40.1. The molecule has 0 fully saturated rings. The van der Waals surface area contributed by atoms with Gasteiger partial charge in [0.2, 0.25) is 0 Å². The Morgan fingerprint density at radius 3 is 2.52 bits per heavy atom. The van der Waals surface area contributed by atoms with Crippen LogP contribution in [0.25, 0.3) is 10.4 Å². The van der Waals surface area contributed by atoms with E-state index in [-0.39, 0.29) is 10.9 Å². The van der Waals surface area contributed by atoms with Gasteiger partial charge in [0, 0.05) is 0 Å². The summed E-state index contributed by atoms with van der Waals surface area (Å²) >= 11 is 1.03. The number of benzene rings is 2. The van der Waals surface area contributed by atoms with Crippen LogP contribution < -0.4 is 11.1 Å². The van der Waals surface area contributed by atoms with Crippen LogP contribution in [0.15, 0.2) is 42.5 Å². The second-order valence-corrected chi connectivity index (χ2v) is 6.12. The standard InChI is InChI=1S/C17H12F3N3OS/c18-8-9-3-1-4-10(7-9)14-15(21)22-17(25-14)23-16(24)13-11(19)5-2-6-12(13)20/h1-7H,8,21H2,(H,22,23,24). The fourth-order valence-corrected chi connectivity index (χ4v) is 3.14. The molecular weight excluding hydrogens is 351 g/mol. The molecule has 0 spiro atoms. The number of nitrogen functional groups attached to an aromatic ring is 1. The molecule has 3 rings (SSSR count). The highest BCUT2D eigenvalue weighted by atomic mass is 32.1. The monoisotopic (exact) mass is 363 g/mol. The van der Waals surface area contributed by atoms with Crippen LogP contribution >= 0.6 is 11.3 Å². The van der Waals surface area contributed by atoms with E-state index in [2.05, 4.69) is 10.3 Å². The zero-order valence-corrected chi connectivity index (χ0v) is 13.5. The molecular formula is C17H12F3N3OS. The normalized spacial score (nSPS) is 10.7. The van der Waals surface area contributed by atoms with Crippen LogP contribution in [0.4, 0.5) is 24.1 Å². The lowest BCUT2D eigenvalue weighted by Crippen LogP contribution is -2.15. The molecule has 0 aliphatic heterocycles. The van der Waals surface area contributed by atoms with Gasteiger partial charge in [-0.25, -0.2) is 18.2 Å². The number of amides is 1. The maximum absolute atomic E-state index is 13.7. The minimum atomic E-state index is -0.974. The van der Waals surface area contributed by atoms with E-state index in [0.29, 0.717) is 16.0 Å². The van der Waals surface area contributed by atoms with Crippen LogP contribution in [0.2, 0.25) is 0 Å². The Balaban J connectivity index is 1.89. The molecule has 0 saturated heterocycles. The summed E-state index contributed by atoms with van der Waals surface area (Å²) in [4.78, 5) is 16.6. The number of rotatable bonds is 4. The summed E-state index contributed by atoms with van der Waals surface area (Å²) in [5.41, 5.74) is 6.27. The maximum atomic E-state index is 13.7. The van der Waals surface area contributed by atoms with Crippen LogP contribution in [0.1, 0.15) is 15.9 Å². The highest BCUT2D eigenvalue weighted by Crippen LogP contribution is 2.35. The quantitative estimate of drug-likeness (QED) is 0.722. The zero-order chi connectivity index (χ0) is 18.0. The molecule has 1 aromatic heterocycles. The van der Waals surface area contributed by atoms with Gasteiger partial charge in [-0.05, 0) is 29.3 Å². The summed E-state index contributed by atoms with van der Waals surface area (Å²) in [5.74, 6) is -2.78. The minimum absolute atomic E-state index is 0.0887. The number of alkyl halides is 1. The molecule has 0 aliphatic carbocycles. The van der Waals surface area contributed by atoms with Gasteiger partial charge in [0.25, 0.3) is 5.91 Å². The SMILES string of the molecule is Nc1nc(NC(=O)c2c(F)cccc2F)sc1-c1cccc(CF)c1. The van der Waals surface area contributed by atoms with Crippen LogP contribution in [-0.4, -0.2) is 10.9 Å². The van der Waals surface area contributed by atoms with Crippen LogP contribution in [0.3, 0.4) is 0 Å². The largest absolute Gasteiger partial charge is 0.382 e. The number of nitrogens with one attached hydrogen (secondary N) is 1. The number of hydrogen-bond acceptors (Lipinski definition) is 4. The highest BCUT2D eigenvalue weighted by Gasteiger charge is 2.19. The lowest BCUT2D eigenvalue weighted by atomic mass is 10.1. The zero-order valence-electron chi connectivity index (χ0n) is 12.7. The average Bonchev–Trinajstić information content (AvgIpc) is 2.95. The van der Waals surface area contributed by atoms with Crippen molar-refractivity contribution in [2.75, 3.05) is 11.1 Å². The topological polar surface area (TPSA) is 68.0 Å². The molecule has 0 unspecified atom stereocenters. The summed E-state index contributed by atoms with van der Waals surface area (Å²) in [5, 5.41) is 2.42. The van der Waals surface area contributed by atoms with Crippen molar-refractivity contribution in [2.24, 2.45) is 0 Å². The first kappa shape index (κ1) is 17.0. The molecule has 0 bridgehead atoms. The summed E-state index contributed by atoms with van der Waals surface area (Å²) in [6.45, 7) is -0.622. The number of nitrogens with zero attached hydrogens (tertiary/aromatic N) is 1. The molecule has 3 aromatic rings. The molecule has 1 heterocycles. The van der Waals surface area contributed by atoms with Crippen molar-refractivity contribution in [3.63, 3.8) is 0 Å². The first-order valence-electron chi connectivity index (χ1n) is 7.16. The predicted octanol–water partition coefficient (Wildman–Crippen LogP) is 4.39.